The van der Waals surface area contributed by atoms with Crippen molar-refractivity contribution in [3.05, 3.63) is 69.8 Å². The number of benzene rings is 1. The van der Waals surface area contributed by atoms with Crippen molar-refractivity contribution in [2.45, 2.75) is 5.92 Å². The zero-order valence-electron chi connectivity index (χ0n) is 17.3. The minimum absolute atomic E-state index is 0.0154. The SMILES string of the molecule is C#Cc1cnccc1-c1cc(Cl)c(C(=O)Nc2cnc(N3CC4C(C3)C4(F)F)c(Cl)c2)cc1F. The van der Waals surface area contributed by atoms with Crippen LogP contribution >= 0.6 is 23.2 Å². The molecule has 2 unspecified atom stereocenters. The second kappa shape index (κ2) is 8.19. The number of anilines is 2. The van der Waals surface area contributed by atoms with Gasteiger partial charge in [-0.15, -0.1) is 6.42 Å². The highest BCUT2D eigenvalue weighted by molar-refractivity contribution is 6.35. The Morgan fingerprint density at radius 1 is 1.15 bits per heavy atom. The fourth-order valence-corrected chi connectivity index (χ4v) is 4.82. The van der Waals surface area contributed by atoms with E-state index in [1.54, 1.807) is 11.0 Å². The van der Waals surface area contributed by atoms with Gasteiger partial charge in [-0.1, -0.05) is 29.1 Å². The van der Waals surface area contributed by atoms with Crippen molar-refractivity contribution in [3.63, 3.8) is 0 Å². The van der Waals surface area contributed by atoms with Crippen LogP contribution in [0.4, 0.5) is 24.7 Å². The summed E-state index contributed by atoms with van der Waals surface area (Å²) >= 11 is 12.6. The van der Waals surface area contributed by atoms with Crippen LogP contribution in [0.25, 0.3) is 11.1 Å². The molecule has 3 heterocycles. The van der Waals surface area contributed by atoms with Gasteiger partial charge in [-0.05, 0) is 24.3 Å². The first kappa shape index (κ1) is 22.5. The minimum atomic E-state index is -2.61. The summed E-state index contributed by atoms with van der Waals surface area (Å²) in [5.74, 6) is -2.50. The quantitative estimate of drug-likeness (QED) is 0.477. The van der Waals surface area contributed by atoms with E-state index in [1.807, 2.05) is 0 Å². The maximum absolute atomic E-state index is 14.9. The van der Waals surface area contributed by atoms with E-state index in [-0.39, 0.29) is 39.9 Å². The second-order valence-corrected chi connectivity index (χ2v) is 8.97. The first-order valence-electron chi connectivity index (χ1n) is 10.2. The van der Waals surface area contributed by atoms with Gasteiger partial charge in [0.15, 0.2) is 0 Å². The topological polar surface area (TPSA) is 58.1 Å². The molecule has 2 fully saturated rings. The van der Waals surface area contributed by atoms with Gasteiger partial charge >= 0.3 is 0 Å². The lowest BCUT2D eigenvalue weighted by Gasteiger charge is -2.22. The summed E-state index contributed by atoms with van der Waals surface area (Å²) in [6, 6.07) is 5.36. The van der Waals surface area contributed by atoms with Crippen molar-refractivity contribution < 1.29 is 18.0 Å². The fourth-order valence-electron chi connectivity index (χ4n) is 4.28. The summed E-state index contributed by atoms with van der Waals surface area (Å²) in [7, 11) is 0. The zero-order chi connectivity index (χ0) is 24.2. The normalized spacial score (nSPS) is 19.9. The molecule has 0 bridgehead atoms. The van der Waals surface area contributed by atoms with Crippen molar-refractivity contribution in [1.82, 2.24) is 9.97 Å². The Morgan fingerprint density at radius 3 is 2.56 bits per heavy atom. The number of fused-ring (bicyclic) bond motifs is 1. The van der Waals surface area contributed by atoms with Crippen LogP contribution in [0, 0.1) is 30.0 Å². The molecular formula is C24H15Cl2F3N4O. The molecule has 172 valence electrons. The number of aromatic nitrogens is 2. The molecule has 2 atom stereocenters. The number of pyridine rings is 2. The van der Waals surface area contributed by atoms with Crippen molar-refractivity contribution in [3.8, 4) is 23.5 Å². The van der Waals surface area contributed by atoms with E-state index in [2.05, 4.69) is 21.2 Å². The minimum Gasteiger partial charge on any atom is -0.354 e. The van der Waals surface area contributed by atoms with Crippen LogP contribution in [0.2, 0.25) is 10.0 Å². The number of hydrogen-bond acceptors (Lipinski definition) is 4. The Labute approximate surface area is 202 Å². The van der Waals surface area contributed by atoms with E-state index in [9.17, 15) is 18.0 Å². The third-order valence-electron chi connectivity index (χ3n) is 6.15. The molecular weight excluding hydrogens is 488 g/mol. The van der Waals surface area contributed by atoms with Gasteiger partial charge in [0, 0.05) is 36.6 Å². The molecule has 1 saturated heterocycles. The molecule has 1 saturated carbocycles. The van der Waals surface area contributed by atoms with Crippen LogP contribution in [0.5, 0.6) is 0 Å². The summed E-state index contributed by atoms with van der Waals surface area (Å²) in [6.07, 6.45) is 9.72. The smallest absolute Gasteiger partial charge is 0.258 e. The van der Waals surface area contributed by atoms with E-state index in [1.165, 1.54) is 30.7 Å². The summed E-state index contributed by atoms with van der Waals surface area (Å²) in [4.78, 5) is 22.6. The molecule has 1 aliphatic heterocycles. The molecule has 10 heteroatoms. The lowest BCUT2D eigenvalue weighted by Crippen LogP contribution is -2.28. The molecule has 3 aromatic rings. The number of nitrogens with zero attached hydrogens (tertiary/aromatic N) is 3. The Bertz CT molecular complexity index is 1360. The Morgan fingerprint density at radius 2 is 1.88 bits per heavy atom. The van der Waals surface area contributed by atoms with E-state index < -0.39 is 29.5 Å². The first-order chi connectivity index (χ1) is 16.2. The van der Waals surface area contributed by atoms with Gasteiger partial charge in [0.25, 0.3) is 11.8 Å². The second-order valence-electron chi connectivity index (χ2n) is 8.15. The summed E-state index contributed by atoms with van der Waals surface area (Å²) < 4.78 is 41.8. The number of alkyl halides is 2. The lowest BCUT2D eigenvalue weighted by atomic mass is 10.00. The highest BCUT2D eigenvalue weighted by Gasteiger charge is 2.71. The molecule has 1 aliphatic carbocycles. The molecule has 1 aromatic carbocycles. The lowest BCUT2D eigenvalue weighted by molar-refractivity contribution is 0.0796. The molecule has 5 rings (SSSR count). The van der Waals surface area contributed by atoms with Crippen molar-refractivity contribution in [2.24, 2.45) is 11.8 Å². The number of carbonyl (C=O) groups excluding carboxylic acids is 1. The summed E-state index contributed by atoms with van der Waals surface area (Å²) in [6.45, 7) is 0.354. The molecule has 34 heavy (non-hydrogen) atoms. The molecule has 2 aromatic heterocycles. The molecule has 2 aliphatic rings. The number of amides is 1. The van der Waals surface area contributed by atoms with E-state index in [4.69, 9.17) is 29.6 Å². The maximum atomic E-state index is 14.9. The molecule has 1 amide bonds. The van der Waals surface area contributed by atoms with Crippen LogP contribution in [0.1, 0.15) is 15.9 Å². The summed E-state index contributed by atoms with van der Waals surface area (Å²) in [5.41, 5.74) is 1.10. The highest BCUT2D eigenvalue weighted by Crippen LogP contribution is 2.59. The molecule has 5 nitrogen and oxygen atoms in total. The standard InChI is InChI=1S/C24H15Cl2F3N4O/c1-2-12-8-30-4-3-14(12)15-6-19(25)16(7-21(15)27)23(34)32-13-5-20(26)22(31-9-13)33-10-17-18(11-33)24(17,28)29/h1,3-9,17-18H,10-11H2,(H,32,34). The number of rotatable bonds is 4. The van der Waals surface area contributed by atoms with Gasteiger partial charge < -0.3 is 10.2 Å². The maximum Gasteiger partial charge on any atom is 0.258 e. The van der Waals surface area contributed by atoms with Crippen molar-refractivity contribution in [1.29, 1.82) is 0 Å². The number of terminal acetylenes is 1. The Balaban J connectivity index is 1.34. The molecule has 1 N–H and O–H groups in total. The monoisotopic (exact) mass is 502 g/mol. The number of nitrogens with one attached hydrogen (secondary N) is 1. The van der Waals surface area contributed by atoms with Gasteiger partial charge in [-0.25, -0.2) is 18.2 Å². The van der Waals surface area contributed by atoms with Crippen LogP contribution in [-0.2, 0) is 0 Å². The van der Waals surface area contributed by atoms with Gasteiger partial charge in [0.05, 0.1) is 44.9 Å². The van der Waals surface area contributed by atoms with E-state index >= 15 is 0 Å². The summed E-state index contributed by atoms with van der Waals surface area (Å²) in [5, 5.41) is 2.80. The van der Waals surface area contributed by atoms with Crippen molar-refractivity contribution >= 4 is 40.6 Å². The third kappa shape index (κ3) is 3.75. The molecule has 0 radical (unpaired) electrons. The van der Waals surface area contributed by atoms with Crippen LogP contribution in [-0.4, -0.2) is 34.9 Å². The largest absolute Gasteiger partial charge is 0.354 e. The highest BCUT2D eigenvalue weighted by atomic mass is 35.5. The Kier molecular flexibility index (Phi) is 5.42. The third-order valence-corrected chi connectivity index (χ3v) is 6.74. The predicted octanol–water partition coefficient (Wildman–Crippen LogP) is 5.52. The van der Waals surface area contributed by atoms with Crippen molar-refractivity contribution in [2.75, 3.05) is 23.3 Å². The van der Waals surface area contributed by atoms with Gasteiger partial charge in [0.2, 0.25) is 0 Å². The van der Waals surface area contributed by atoms with Gasteiger partial charge in [-0.2, -0.15) is 0 Å². The number of halogens is 5. The average molecular weight is 503 g/mol. The first-order valence-corrected chi connectivity index (χ1v) is 11.0. The van der Waals surface area contributed by atoms with Crippen LogP contribution in [0.15, 0.2) is 42.9 Å². The fraction of sp³-hybridized carbons (Fsp3) is 0.208. The zero-order valence-corrected chi connectivity index (χ0v) is 18.8. The van der Waals surface area contributed by atoms with Crippen LogP contribution in [0.3, 0.4) is 0 Å². The van der Waals surface area contributed by atoms with Crippen LogP contribution < -0.4 is 10.2 Å². The average Bonchev–Trinajstić information content (AvgIpc) is 3.13. The van der Waals surface area contributed by atoms with Gasteiger partial charge in [-0.3, -0.25) is 9.78 Å². The number of hydrogen-bond donors (Lipinski definition) is 1. The van der Waals surface area contributed by atoms with E-state index in [0.29, 0.717) is 16.9 Å². The number of carbonyl (C=O) groups is 1. The van der Waals surface area contributed by atoms with Gasteiger partial charge in [0.1, 0.15) is 11.6 Å². The predicted molar refractivity (Wildman–Crippen MR) is 124 cm³/mol. The molecule has 0 spiro atoms. The Hall–Kier alpha value is -3.28. The van der Waals surface area contributed by atoms with E-state index in [0.717, 1.165) is 6.07 Å². The number of piperidine rings is 1.